The van der Waals surface area contributed by atoms with E-state index >= 15 is 13.2 Å². The van der Waals surface area contributed by atoms with E-state index < -0.39 is 92.7 Å². The number of nitrogens with zero attached hydrogens (tertiary/aromatic N) is 3. The molecular weight excluding hydrogens is 1120 g/mol. The fraction of sp³-hybridized carbons (Fsp3) is 0.0984. The van der Waals surface area contributed by atoms with E-state index in [1.54, 1.807) is 48.5 Å². The summed E-state index contributed by atoms with van der Waals surface area (Å²) in [5.74, 6) is 0. The first-order valence-corrected chi connectivity index (χ1v) is 24.0. The Labute approximate surface area is 449 Å². The fourth-order valence-electron chi connectivity index (χ4n) is 10.6. The van der Waals surface area contributed by atoms with Crippen LogP contribution in [0.1, 0.15) is 38.9 Å². The first-order valence-electron chi connectivity index (χ1n) is 24.0. The predicted octanol–water partition coefficient (Wildman–Crippen LogP) is 20.5. The number of para-hydroxylation sites is 2. The van der Waals surface area contributed by atoms with Crippen molar-refractivity contribution in [1.29, 1.82) is 5.26 Å². The van der Waals surface area contributed by atoms with Gasteiger partial charge < -0.3 is 9.13 Å². The summed E-state index contributed by atoms with van der Waals surface area (Å²) in [5, 5.41) is 12.2. The minimum Gasteiger partial charge on any atom is -0.309 e. The molecule has 0 fully saturated rings. The maximum Gasteiger partial charge on any atom is 0.417 e. The van der Waals surface area contributed by atoms with Crippen LogP contribution in [0.4, 0.5) is 79.0 Å². The number of benzene rings is 9. The van der Waals surface area contributed by atoms with Crippen LogP contribution in [0, 0.1) is 11.3 Å². The third-order valence-electron chi connectivity index (χ3n) is 14.1. The van der Waals surface area contributed by atoms with Crippen molar-refractivity contribution in [2.24, 2.45) is 0 Å². The summed E-state index contributed by atoms with van der Waals surface area (Å²) in [6.45, 7) is 0. The lowest BCUT2D eigenvalue weighted by Crippen LogP contribution is -2.13. The molecule has 21 heteroatoms. The molecule has 0 atom stereocenters. The second-order valence-electron chi connectivity index (χ2n) is 19.0. The lowest BCUT2D eigenvalue weighted by Gasteiger charge is -2.24. The largest absolute Gasteiger partial charge is 0.417 e. The SMILES string of the molecule is N#Cc1cccc(-n2c3ccccc3c3cc(-c4cc(C(F)(F)F)cc(C(F)(F)F)c4)ccc32)c1-c1c(-c2ccc(C(F)(F)F)cc2C(F)(F)F)cccc1-n1c2ccccc2c2cc(-c3cc(C(F)(F)F)cc(C(F)(F)F)c3)ccc21. The van der Waals surface area contributed by atoms with E-state index in [1.165, 1.54) is 81.9 Å². The standard InChI is InChI=1S/C61H29F18N3/c62-56(63,64)36-17-18-41(47(29-36)61(77,78)79)44-10-6-14-53(82-49-12-4-2-9-43(49)46-26-32(16-20-51(46)82)35-23-39(59(71,72)73)28-40(24-35)60(74,75)76)55(44)54-33(30-80)7-5-13-52(54)81-48-11-3-1-8-42(48)45-25-31(15-19-50(45)81)34-21-37(57(65,66)67)27-38(22-34)58(68,69)70/h1-29H. The van der Waals surface area contributed by atoms with Crippen molar-refractivity contribution in [1.82, 2.24) is 9.13 Å². The summed E-state index contributed by atoms with van der Waals surface area (Å²) in [4.78, 5) is 0. The molecule has 11 rings (SSSR count). The number of halogens is 18. The second-order valence-corrected chi connectivity index (χ2v) is 19.0. The van der Waals surface area contributed by atoms with Gasteiger partial charge in [0.05, 0.1) is 78.5 Å². The van der Waals surface area contributed by atoms with Crippen LogP contribution in [0.2, 0.25) is 0 Å². The van der Waals surface area contributed by atoms with Gasteiger partial charge in [-0.1, -0.05) is 72.8 Å². The first-order chi connectivity index (χ1) is 38.4. The molecule has 414 valence electrons. The van der Waals surface area contributed by atoms with Crippen LogP contribution in [0.5, 0.6) is 0 Å². The third kappa shape index (κ3) is 9.58. The zero-order valence-electron chi connectivity index (χ0n) is 40.9. The quantitative estimate of drug-likeness (QED) is 0.153. The fourth-order valence-corrected chi connectivity index (χ4v) is 10.6. The van der Waals surface area contributed by atoms with Crippen molar-refractivity contribution >= 4 is 43.6 Å². The Balaban J connectivity index is 1.24. The molecule has 0 unspecified atom stereocenters. The van der Waals surface area contributed by atoms with Crippen molar-refractivity contribution in [2.75, 3.05) is 0 Å². The topological polar surface area (TPSA) is 33.6 Å². The number of hydrogen-bond donors (Lipinski definition) is 0. The molecule has 2 aromatic heterocycles. The van der Waals surface area contributed by atoms with Crippen LogP contribution in [-0.4, -0.2) is 9.13 Å². The maximum atomic E-state index is 15.4. The van der Waals surface area contributed by atoms with E-state index in [0.717, 1.165) is 0 Å². The van der Waals surface area contributed by atoms with Crippen LogP contribution in [0.15, 0.2) is 176 Å². The monoisotopic (exact) mass is 1150 g/mol. The number of aromatic nitrogens is 2. The van der Waals surface area contributed by atoms with Crippen molar-refractivity contribution in [2.45, 2.75) is 37.1 Å². The number of alkyl halides is 18. The minimum absolute atomic E-state index is 0.0127. The van der Waals surface area contributed by atoms with Crippen molar-refractivity contribution in [3.63, 3.8) is 0 Å². The average molecular weight is 1150 g/mol. The Bertz CT molecular complexity index is 4380. The van der Waals surface area contributed by atoms with Crippen LogP contribution < -0.4 is 0 Å². The highest BCUT2D eigenvalue weighted by atomic mass is 19.4. The third-order valence-corrected chi connectivity index (χ3v) is 14.1. The van der Waals surface area contributed by atoms with Crippen molar-refractivity contribution in [3.8, 4) is 62.0 Å². The zero-order chi connectivity index (χ0) is 58.8. The highest BCUT2D eigenvalue weighted by Gasteiger charge is 2.41. The lowest BCUT2D eigenvalue weighted by molar-refractivity contribution is -0.144. The van der Waals surface area contributed by atoms with Gasteiger partial charge in [-0.25, -0.2) is 0 Å². The van der Waals surface area contributed by atoms with Gasteiger partial charge in [-0.15, -0.1) is 0 Å². The molecule has 0 aliphatic rings. The number of fused-ring (bicyclic) bond motifs is 6. The molecular formula is C61H29F18N3. The highest BCUT2D eigenvalue weighted by molar-refractivity contribution is 6.13. The zero-order valence-corrected chi connectivity index (χ0v) is 40.9. The number of nitriles is 1. The average Bonchev–Trinajstić information content (AvgIpc) is 2.72. The molecule has 0 aliphatic heterocycles. The van der Waals surface area contributed by atoms with Gasteiger partial charge in [0.1, 0.15) is 0 Å². The van der Waals surface area contributed by atoms with Gasteiger partial charge in [0.15, 0.2) is 0 Å². The minimum atomic E-state index is -5.48. The van der Waals surface area contributed by atoms with E-state index in [1.807, 2.05) is 0 Å². The van der Waals surface area contributed by atoms with Crippen LogP contribution in [0.3, 0.4) is 0 Å². The molecule has 2 heterocycles. The number of rotatable bonds is 6. The summed E-state index contributed by atoms with van der Waals surface area (Å²) in [5.41, 5.74) is -12.0. The van der Waals surface area contributed by atoms with Gasteiger partial charge in [-0.3, -0.25) is 0 Å². The molecule has 3 nitrogen and oxygen atoms in total. The molecule has 0 spiro atoms. The normalized spacial score (nSPS) is 13.0. The Morgan fingerprint density at radius 3 is 1.11 bits per heavy atom. The molecule has 0 amide bonds. The van der Waals surface area contributed by atoms with E-state index in [9.17, 15) is 71.1 Å². The summed E-state index contributed by atoms with van der Waals surface area (Å²) in [6.07, 6.45) is -31.6. The van der Waals surface area contributed by atoms with Crippen molar-refractivity contribution < 1.29 is 79.0 Å². The van der Waals surface area contributed by atoms with E-state index in [4.69, 9.17) is 0 Å². The lowest BCUT2D eigenvalue weighted by atomic mass is 9.86. The van der Waals surface area contributed by atoms with Gasteiger partial charge in [-0.2, -0.15) is 84.3 Å². The molecule has 0 N–H and O–H groups in total. The maximum absolute atomic E-state index is 15.4. The smallest absolute Gasteiger partial charge is 0.309 e. The molecule has 0 radical (unpaired) electrons. The second kappa shape index (κ2) is 19.0. The summed E-state index contributed by atoms with van der Waals surface area (Å²) >= 11 is 0. The van der Waals surface area contributed by atoms with Crippen LogP contribution >= 0.6 is 0 Å². The Hall–Kier alpha value is -9.19. The predicted molar refractivity (Wildman–Crippen MR) is 272 cm³/mol. The molecule has 82 heavy (non-hydrogen) atoms. The molecule has 0 saturated heterocycles. The molecule has 9 aromatic carbocycles. The summed E-state index contributed by atoms with van der Waals surface area (Å²) < 4.78 is 262. The highest BCUT2D eigenvalue weighted by Crippen LogP contribution is 2.51. The van der Waals surface area contributed by atoms with Gasteiger partial charge in [0, 0.05) is 32.7 Å². The van der Waals surface area contributed by atoms with Crippen LogP contribution in [-0.2, 0) is 37.1 Å². The Morgan fingerprint density at radius 1 is 0.293 bits per heavy atom. The van der Waals surface area contributed by atoms with Gasteiger partial charge in [0.25, 0.3) is 0 Å². The summed E-state index contributed by atoms with van der Waals surface area (Å²) in [6, 6.07) is 33.5. The van der Waals surface area contributed by atoms with E-state index in [2.05, 4.69) is 6.07 Å². The molecule has 11 aromatic rings. The van der Waals surface area contributed by atoms with Gasteiger partial charge in [0.2, 0.25) is 0 Å². The summed E-state index contributed by atoms with van der Waals surface area (Å²) in [7, 11) is 0. The first kappa shape index (κ1) is 54.8. The van der Waals surface area contributed by atoms with E-state index in [-0.39, 0.29) is 90.2 Å². The number of hydrogen-bond acceptors (Lipinski definition) is 1. The van der Waals surface area contributed by atoms with Crippen molar-refractivity contribution in [3.05, 3.63) is 215 Å². The van der Waals surface area contributed by atoms with Crippen LogP contribution in [0.25, 0.3) is 99.5 Å². The molecule has 0 saturated carbocycles. The van der Waals surface area contributed by atoms with E-state index in [0.29, 0.717) is 47.2 Å². The van der Waals surface area contributed by atoms with Gasteiger partial charge >= 0.3 is 37.1 Å². The van der Waals surface area contributed by atoms with Gasteiger partial charge in [-0.05, 0) is 137 Å². The molecule has 0 bridgehead atoms. The Morgan fingerprint density at radius 2 is 0.695 bits per heavy atom. The Kier molecular flexibility index (Phi) is 12.7. The molecule has 0 aliphatic carbocycles.